The summed E-state index contributed by atoms with van der Waals surface area (Å²) in [6.07, 6.45) is 2.94. The highest BCUT2D eigenvalue weighted by atomic mass is 16.5. The van der Waals surface area contributed by atoms with Crippen molar-refractivity contribution in [3.05, 3.63) is 29.8 Å². The first-order valence-corrected chi connectivity index (χ1v) is 7.34. The maximum atomic E-state index is 11.7. The van der Waals surface area contributed by atoms with Gasteiger partial charge in [0.1, 0.15) is 5.75 Å². The molecule has 1 aromatic carbocycles. The van der Waals surface area contributed by atoms with E-state index in [1.54, 1.807) is 0 Å². The molecule has 1 aromatic rings. The Morgan fingerprint density at radius 3 is 2.50 bits per heavy atom. The summed E-state index contributed by atoms with van der Waals surface area (Å²) in [6, 6.07) is 7.85. The van der Waals surface area contributed by atoms with E-state index in [2.05, 4.69) is 19.2 Å². The van der Waals surface area contributed by atoms with Crippen molar-refractivity contribution in [1.82, 2.24) is 5.32 Å². The minimum absolute atomic E-state index is 0.0488. The molecule has 20 heavy (non-hydrogen) atoms. The molecule has 0 aliphatic heterocycles. The fourth-order valence-corrected chi connectivity index (χ4v) is 2.02. The molecule has 1 rings (SSSR count). The summed E-state index contributed by atoms with van der Waals surface area (Å²) in [5.74, 6) is 0.607. The second-order valence-corrected chi connectivity index (χ2v) is 5.13. The van der Waals surface area contributed by atoms with Crippen LogP contribution in [0.5, 0.6) is 5.75 Å². The molecule has 0 saturated carbocycles. The van der Waals surface area contributed by atoms with Crippen LogP contribution in [0.1, 0.15) is 51.6 Å². The lowest BCUT2D eigenvalue weighted by molar-refractivity contribution is -0.123. The molecule has 0 radical (unpaired) electrons. The molecule has 0 saturated heterocycles. The maximum absolute atomic E-state index is 11.7. The number of amides is 1. The van der Waals surface area contributed by atoms with Crippen molar-refractivity contribution < 1.29 is 9.53 Å². The third-order valence-electron chi connectivity index (χ3n) is 3.25. The quantitative estimate of drug-likeness (QED) is 0.768. The van der Waals surface area contributed by atoms with Crippen molar-refractivity contribution >= 4 is 5.91 Å². The smallest absolute Gasteiger partial charge is 0.258 e. The van der Waals surface area contributed by atoms with Gasteiger partial charge in [0.15, 0.2) is 6.61 Å². The fraction of sp³-hybridized carbons (Fsp3) is 0.562. The van der Waals surface area contributed by atoms with Crippen LogP contribution in [-0.2, 0) is 4.79 Å². The van der Waals surface area contributed by atoms with Gasteiger partial charge in [-0.3, -0.25) is 4.79 Å². The number of nitrogens with one attached hydrogen (secondary N) is 1. The average Bonchev–Trinajstić information content (AvgIpc) is 2.45. The van der Waals surface area contributed by atoms with Crippen molar-refractivity contribution in [2.24, 2.45) is 5.73 Å². The van der Waals surface area contributed by atoms with Crippen LogP contribution >= 0.6 is 0 Å². The summed E-state index contributed by atoms with van der Waals surface area (Å²) >= 11 is 0. The lowest BCUT2D eigenvalue weighted by atomic mass is 10.1. The predicted octanol–water partition coefficient (Wildman–Crippen LogP) is 2.78. The number of hydrogen-bond donors (Lipinski definition) is 2. The van der Waals surface area contributed by atoms with Gasteiger partial charge in [0.2, 0.25) is 0 Å². The largest absolute Gasteiger partial charge is 0.484 e. The van der Waals surface area contributed by atoms with E-state index >= 15 is 0 Å². The molecule has 2 atom stereocenters. The van der Waals surface area contributed by atoms with Gasteiger partial charge < -0.3 is 15.8 Å². The highest BCUT2D eigenvalue weighted by Crippen LogP contribution is 2.18. The van der Waals surface area contributed by atoms with E-state index < -0.39 is 0 Å². The molecule has 0 fully saturated rings. The van der Waals surface area contributed by atoms with Crippen molar-refractivity contribution in [2.45, 2.75) is 52.1 Å². The minimum Gasteiger partial charge on any atom is -0.484 e. The van der Waals surface area contributed by atoms with E-state index in [4.69, 9.17) is 10.5 Å². The summed E-state index contributed by atoms with van der Waals surface area (Å²) in [6.45, 7) is 6.20. The van der Waals surface area contributed by atoms with E-state index in [0.29, 0.717) is 5.75 Å². The van der Waals surface area contributed by atoms with Gasteiger partial charge in [-0.15, -0.1) is 0 Å². The normalized spacial score (nSPS) is 13.6. The molecule has 3 N–H and O–H groups in total. The van der Waals surface area contributed by atoms with Gasteiger partial charge in [-0.2, -0.15) is 0 Å². The van der Waals surface area contributed by atoms with Gasteiger partial charge in [0.25, 0.3) is 5.91 Å². The van der Waals surface area contributed by atoms with Crippen molar-refractivity contribution in [1.29, 1.82) is 0 Å². The van der Waals surface area contributed by atoms with E-state index in [-0.39, 0.29) is 24.6 Å². The Labute approximate surface area is 121 Å². The van der Waals surface area contributed by atoms with Crippen LogP contribution < -0.4 is 15.8 Å². The Balaban J connectivity index is 2.40. The van der Waals surface area contributed by atoms with Crippen LogP contribution in [0.2, 0.25) is 0 Å². The number of hydrogen-bond acceptors (Lipinski definition) is 3. The number of nitrogens with two attached hydrogens (primary N) is 1. The van der Waals surface area contributed by atoms with Crippen molar-refractivity contribution in [3.8, 4) is 5.75 Å². The first kappa shape index (κ1) is 16.5. The minimum atomic E-state index is -0.0831. The second-order valence-electron chi connectivity index (χ2n) is 5.13. The van der Waals surface area contributed by atoms with Crippen LogP contribution in [0.4, 0.5) is 0 Å². The van der Waals surface area contributed by atoms with Crippen LogP contribution in [0.25, 0.3) is 0 Å². The van der Waals surface area contributed by atoms with Gasteiger partial charge >= 0.3 is 0 Å². The molecule has 0 bridgehead atoms. The van der Waals surface area contributed by atoms with Crippen LogP contribution in [-0.4, -0.2) is 18.6 Å². The van der Waals surface area contributed by atoms with E-state index in [1.165, 1.54) is 0 Å². The molecule has 0 aliphatic rings. The van der Waals surface area contributed by atoms with Crippen LogP contribution in [0.3, 0.4) is 0 Å². The number of benzene rings is 1. The molecule has 0 spiro atoms. The Morgan fingerprint density at radius 1 is 1.30 bits per heavy atom. The topological polar surface area (TPSA) is 64.3 Å². The summed E-state index contributed by atoms with van der Waals surface area (Å²) < 4.78 is 5.46. The highest BCUT2D eigenvalue weighted by molar-refractivity contribution is 5.77. The van der Waals surface area contributed by atoms with Gasteiger partial charge in [-0.25, -0.2) is 0 Å². The molecule has 1 amide bonds. The first-order valence-electron chi connectivity index (χ1n) is 7.34. The lowest BCUT2D eigenvalue weighted by Crippen LogP contribution is -2.35. The molecular formula is C16H26N2O2. The number of carbonyl (C=O) groups excluding carboxylic acids is 1. The van der Waals surface area contributed by atoms with E-state index in [1.807, 2.05) is 31.2 Å². The standard InChI is InChI=1S/C16H26N2O2/c1-4-6-12(3)18-16(19)11-20-14-9-7-13(8-10-14)15(17)5-2/h7-10,12,15H,4-6,11,17H2,1-3H3,(H,18,19)/t12?,15-/m1/s1. The molecule has 0 aliphatic carbocycles. The molecular weight excluding hydrogens is 252 g/mol. The molecule has 0 aromatic heterocycles. The van der Waals surface area contributed by atoms with Crippen LogP contribution in [0, 0.1) is 0 Å². The third kappa shape index (κ3) is 5.61. The SMILES string of the molecule is CCCC(C)NC(=O)COc1ccc([C@H](N)CC)cc1. The summed E-state index contributed by atoms with van der Waals surface area (Å²) in [4.78, 5) is 11.7. The van der Waals surface area contributed by atoms with Crippen molar-refractivity contribution in [2.75, 3.05) is 6.61 Å². The Kier molecular flexibility index (Phi) is 7.09. The van der Waals surface area contributed by atoms with E-state index in [9.17, 15) is 4.79 Å². The Morgan fingerprint density at radius 2 is 1.95 bits per heavy atom. The van der Waals surface area contributed by atoms with Crippen molar-refractivity contribution in [3.63, 3.8) is 0 Å². The molecule has 4 nitrogen and oxygen atoms in total. The average molecular weight is 278 g/mol. The predicted molar refractivity (Wildman–Crippen MR) is 81.7 cm³/mol. The zero-order chi connectivity index (χ0) is 15.0. The van der Waals surface area contributed by atoms with E-state index in [0.717, 1.165) is 24.8 Å². The third-order valence-corrected chi connectivity index (χ3v) is 3.25. The fourth-order valence-electron chi connectivity index (χ4n) is 2.02. The van der Waals surface area contributed by atoms with Crippen LogP contribution in [0.15, 0.2) is 24.3 Å². The zero-order valence-electron chi connectivity index (χ0n) is 12.7. The molecule has 1 unspecified atom stereocenters. The summed E-state index contributed by atoms with van der Waals surface area (Å²) in [5.41, 5.74) is 7.03. The number of carbonyl (C=O) groups is 1. The zero-order valence-corrected chi connectivity index (χ0v) is 12.7. The number of ether oxygens (including phenoxy) is 1. The molecule has 4 heteroatoms. The monoisotopic (exact) mass is 278 g/mol. The number of rotatable bonds is 8. The van der Waals surface area contributed by atoms with Gasteiger partial charge in [-0.1, -0.05) is 32.4 Å². The second kappa shape index (κ2) is 8.59. The van der Waals surface area contributed by atoms with Gasteiger partial charge in [-0.05, 0) is 37.5 Å². The molecule has 112 valence electrons. The summed E-state index contributed by atoms with van der Waals surface area (Å²) in [7, 11) is 0. The van der Waals surface area contributed by atoms with Gasteiger partial charge in [0, 0.05) is 12.1 Å². The Bertz CT molecular complexity index is 403. The highest BCUT2D eigenvalue weighted by Gasteiger charge is 2.08. The summed E-state index contributed by atoms with van der Waals surface area (Å²) in [5, 5.41) is 2.91. The Hall–Kier alpha value is -1.55. The molecule has 0 heterocycles. The van der Waals surface area contributed by atoms with Gasteiger partial charge in [0.05, 0.1) is 0 Å². The lowest BCUT2D eigenvalue weighted by Gasteiger charge is -2.14. The first-order chi connectivity index (χ1) is 9.56. The maximum Gasteiger partial charge on any atom is 0.258 e.